The number of aliphatic carboxylic acids is 1. The lowest BCUT2D eigenvalue weighted by Crippen LogP contribution is -2.60. The Bertz CT molecular complexity index is 819. The predicted octanol–water partition coefficient (Wildman–Crippen LogP) is -1.17. The van der Waals surface area contributed by atoms with Crippen LogP contribution in [0.1, 0.15) is 39.0 Å². The predicted molar refractivity (Wildman–Crippen MR) is 117 cm³/mol. The van der Waals surface area contributed by atoms with E-state index < -0.39 is 40.4 Å². The summed E-state index contributed by atoms with van der Waals surface area (Å²) in [5, 5.41) is 19.4. The molecule has 13 heteroatoms. The van der Waals surface area contributed by atoms with E-state index in [0.717, 1.165) is 22.0 Å². The average Bonchev–Trinajstić information content (AvgIpc) is 2.73. The van der Waals surface area contributed by atoms with E-state index in [9.17, 15) is 22.8 Å². The van der Waals surface area contributed by atoms with Crippen molar-refractivity contribution in [1.29, 1.82) is 5.41 Å². The summed E-state index contributed by atoms with van der Waals surface area (Å²) in [6.07, 6.45) is 2.42. The van der Waals surface area contributed by atoms with Crippen LogP contribution in [0.2, 0.25) is 0 Å². The number of amides is 2. The molecule has 2 atom stereocenters. The van der Waals surface area contributed by atoms with Crippen LogP contribution in [-0.2, 0) is 24.4 Å². The number of piperidine rings is 1. The molecule has 5 N–H and O–H groups in total. The van der Waals surface area contributed by atoms with Crippen molar-refractivity contribution in [2.24, 2.45) is 11.7 Å². The van der Waals surface area contributed by atoms with Crippen molar-refractivity contribution in [2.45, 2.75) is 45.1 Å². The first-order chi connectivity index (χ1) is 15.0. The SMILES string of the molecule is CCCCS(=O)(=O)N1CCN(CC(=O)O)C(=O)C1CC(=O)NC[C@@H]1CCCN(C(=N)N)C1. The van der Waals surface area contributed by atoms with Gasteiger partial charge in [-0.3, -0.25) is 19.8 Å². The van der Waals surface area contributed by atoms with Crippen molar-refractivity contribution < 1.29 is 27.9 Å². The number of carboxylic acid groups (broad SMARTS) is 1. The highest BCUT2D eigenvalue weighted by Gasteiger charge is 2.42. The maximum absolute atomic E-state index is 12.9. The summed E-state index contributed by atoms with van der Waals surface area (Å²) in [6.45, 7) is 2.81. The van der Waals surface area contributed by atoms with Gasteiger partial charge in [0.25, 0.3) is 0 Å². The second-order valence-electron chi connectivity index (χ2n) is 8.30. The van der Waals surface area contributed by atoms with Crippen molar-refractivity contribution in [3.8, 4) is 0 Å². The summed E-state index contributed by atoms with van der Waals surface area (Å²) in [4.78, 5) is 39.4. The minimum absolute atomic E-state index is 0.0136. The highest BCUT2D eigenvalue weighted by Crippen LogP contribution is 2.20. The second kappa shape index (κ2) is 11.5. The number of unbranched alkanes of at least 4 members (excludes halogenated alkanes) is 1. The van der Waals surface area contributed by atoms with Gasteiger partial charge in [-0.15, -0.1) is 0 Å². The minimum atomic E-state index is -3.76. The third-order valence-corrected chi connectivity index (χ3v) is 7.76. The van der Waals surface area contributed by atoms with Crippen LogP contribution in [0.3, 0.4) is 0 Å². The van der Waals surface area contributed by atoms with Crippen LogP contribution in [0.4, 0.5) is 0 Å². The first-order valence-electron chi connectivity index (χ1n) is 10.9. The van der Waals surface area contributed by atoms with Crippen LogP contribution in [0, 0.1) is 11.3 Å². The summed E-state index contributed by atoms with van der Waals surface area (Å²) in [5.41, 5.74) is 5.54. The van der Waals surface area contributed by atoms with Crippen molar-refractivity contribution in [3.05, 3.63) is 0 Å². The van der Waals surface area contributed by atoms with Crippen molar-refractivity contribution in [3.63, 3.8) is 0 Å². The number of carbonyl (C=O) groups is 3. The van der Waals surface area contributed by atoms with Gasteiger partial charge in [-0.05, 0) is 25.2 Å². The van der Waals surface area contributed by atoms with Gasteiger partial charge in [0.15, 0.2) is 5.96 Å². The molecule has 12 nitrogen and oxygen atoms in total. The second-order valence-corrected chi connectivity index (χ2v) is 10.3. The number of nitrogens with zero attached hydrogens (tertiary/aromatic N) is 3. The molecule has 0 aromatic rings. The molecule has 2 aliphatic heterocycles. The molecule has 0 aromatic carbocycles. The summed E-state index contributed by atoms with van der Waals surface area (Å²) in [5.74, 6) is -2.40. The van der Waals surface area contributed by atoms with E-state index >= 15 is 0 Å². The molecule has 182 valence electrons. The molecular weight excluding hydrogens is 440 g/mol. The van der Waals surface area contributed by atoms with E-state index in [-0.39, 0.29) is 37.1 Å². The molecule has 1 unspecified atom stereocenters. The fourth-order valence-corrected chi connectivity index (χ4v) is 5.86. The molecule has 0 spiro atoms. The van der Waals surface area contributed by atoms with E-state index in [0.29, 0.717) is 32.5 Å². The maximum Gasteiger partial charge on any atom is 0.323 e. The molecule has 0 aromatic heterocycles. The number of sulfonamides is 1. The highest BCUT2D eigenvalue weighted by atomic mass is 32.2. The van der Waals surface area contributed by atoms with Gasteiger partial charge in [0.05, 0.1) is 12.2 Å². The molecule has 0 bridgehead atoms. The first kappa shape index (κ1) is 25.8. The number of carbonyl (C=O) groups excluding carboxylic acids is 2. The quantitative estimate of drug-likeness (QED) is 0.226. The molecule has 0 saturated carbocycles. The Labute approximate surface area is 188 Å². The Hall–Kier alpha value is -2.41. The number of nitrogens with one attached hydrogen (secondary N) is 2. The first-order valence-corrected chi connectivity index (χ1v) is 12.5. The Morgan fingerprint density at radius 3 is 2.62 bits per heavy atom. The van der Waals surface area contributed by atoms with Gasteiger partial charge >= 0.3 is 5.97 Å². The molecule has 32 heavy (non-hydrogen) atoms. The Kier molecular flexibility index (Phi) is 9.25. The van der Waals surface area contributed by atoms with Crippen molar-refractivity contribution in [1.82, 2.24) is 19.4 Å². The molecule has 2 saturated heterocycles. The van der Waals surface area contributed by atoms with Gasteiger partial charge in [0, 0.05) is 32.7 Å². The lowest BCUT2D eigenvalue weighted by atomic mass is 9.98. The monoisotopic (exact) mass is 474 g/mol. The molecule has 0 aliphatic carbocycles. The number of rotatable bonds is 10. The third kappa shape index (κ3) is 7.05. The summed E-state index contributed by atoms with van der Waals surface area (Å²) in [7, 11) is -3.76. The minimum Gasteiger partial charge on any atom is -0.480 e. The number of likely N-dealkylation sites (tertiary alicyclic amines) is 1. The largest absolute Gasteiger partial charge is 0.480 e. The van der Waals surface area contributed by atoms with E-state index in [2.05, 4.69) is 5.32 Å². The number of hydrogen-bond donors (Lipinski definition) is 4. The van der Waals surface area contributed by atoms with Gasteiger partial charge in [-0.1, -0.05) is 13.3 Å². The Morgan fingerprint density at radius 2 is 2.00 bits per heavy atom. The number of piperazine rings is 1. The Morgan fingerprint density at radius 1 is 1.28 bits per heavy atom. The normalized spacial score (nSPS) is 22.6. The fraction of sp³-hybridized carbons (Fsp3) is 0.789. The van der Waals surface area contributed by atoms with Gasteiger partial charge in [0.1, 0.15) is 12.6 Å². The lowest BCUT2D eigenvalue weighted by Gasteiger charge is -2.39. The number of hydrogen-bond acceptors (Lipinski definition) is 6. The van der Waals surface area contributed by atoms with E-state index in [1.807, 2.05) is 6.92 Å². The molecule has 2 fully saturated rings. The van der Waals surface area contributed by atoms with Crippen LogP contribution in [-0.4, -0.2) is 102 Å². The van der Waals surface area contributed by atoms with E-state index in [1.54, 1.807) is 4.90 Å². The zero-order chi connectivity index (χ0) is 23.9. The van der Waals surface area contributed by atoms with Gasteiger partial charge in [0.2, 0.25) is 21.8 Å². The van der Waals surface area contributed by atoms with Gasteiger partial charge in [-0.2, -0.15) is 4.31 Å². The summed E-state index contributed by atoms with van der Waals surface area (Å²) < 4.78 is 26.6. The average molecular weight is 475 g/mol. The third-order valence-electron chi connectivity index (χ3n) is 5.80. The van der Waals surface area contributed by atoms with Crippen LogP contribution < -0.4 is 11.1 Å². The smallest absolute Gasteiger partial charge is 0.323 e. The number of guanidine groups is 1. The molecule has 2 aliphatic rings. The van der Waals surface area contributed by atoms with Crippen LogP contribution in [0.25, 0.3) is 0 Å². The standard InChI is InChI=1S/C19H34N6O6S/c1-2-3-9-32(30,31)25-8-7-23(13-17(27)28)18(29)15(25)10-16(26)22-11-14-5-4-6-24(12-14)19(20)21/h14-15H,2-13H2,1H3,(H3,20,21)(H,22,26)(H,27,28)/t14-,15?/m0/s1. The van der Waals surface area contributed by atoms with E-state index in [1.165, 1.54) is 0 Å². The fourth-order valence-electron chi connectivity index (χ4n) is 4.06. The van der Waals surface area contributed by atoms with Crippen molar-refractivity contribution >= 4 is 33.8 Å². The molecule has 0 radical (unpaired) electrons. The molecule has 2 amide bonds. The highest BCUT2D eigenvalue weighted by molar-refractivity contribution is 7.89. The van der Waals surface area contributed by atoms with E-state index in [4.69, 9.17) is 16.2 Å². The van der Waals surface area contributed by atoms with Crippen LogP contribution in [0.15, 0.2) is 0 Å². The zero-order valence-electron chi connectivity index (χ0n) is 18.5. The van der Waals surface area contributed by atoms with Gasteiger partial charge in [-0.25, -0.2) is 8.42 Å². The lowest BCUT2D eigenvalue weighted by molar-refractivity contribution is -0.149. The van der Waals surface area contributed by atoms with Crippen LogP contribution >= 0.6 is 0 Å². The maximum atomic E-state index is 12.9. The number of nitrogens with two attached hydrogens (primary N) is 1. The Balaban J connectivity index is 2.06. The van der Waals surface area contributed by atoms with Crippen LogP contribution in [0.5, 0.6) is 0 Å². The summed E-state index contributed by atoms with van der Waals surface area (Å²) in [6, 6.07) is -1.26. The van der Waals surface area contributed by atoms with Gasteiger partial charge < -0.3 is 26.0 Å². The molecule has 2 rings (SSSR count). The number of carboxylic acids is 1. The summed E-state index contributed by atoms with van der Waals surface area (Å²) >= 11 is 0. The molecule has 2 heterocycles. The molecular formula is C19H34N6O6S. The van der Waals surface area contributed by atoms with Crippen molar-refractivity contribution in [2.75, 3.05) is 45.0 Å². The topological polar surface area (TPSA) is 177 Å². The zero-order valence-corrected chi connectivity index (χ0v) is 19.3.